The zero-order valence-corrected chi connectivity index (χ0v) is 19.2. The van der Waals surface area contributed by atoms with E-state index < -0.39 is 0 Å². The van der Waals surface area contributed by atoms with E-state index in [1.54, 1.807) is 22.9 Å². The molecule has 3 saturated carbocycles. The lowest BCUT2D eigenvalue weighted by Gasteiger charge is -2.60. The third-order valence-corrected chi connectivity index (χ3v) is 8.47. The fourth-order valence-electron chi connectivity index (χ4n) is 6.41. The summed E-state index contributed by atoms with van der Waals surface area (Å²) in [6.45, 7) is 7.40. The third kappa shape index (κ3) is 3.91. The molecular formula is C25H35N5O2. The van der Waals surface area contributed by atoms with Gasteiger partial charge in [-0.1, -0.05) is 19.9 Å². The molecule has 1 aliphatic heterocycles. The maximum Gasteiger partial charge on any atom is 0.268 e. The van der Waals surface area contributed by atoms with Gasteiger partial charge in [0.15, 0.2) is 0 Å². The summed E-state index contributed by atoms with van der Waals surface area (Å²) in [4.78, 5) is 32.4. The predicted octanol–water partition coefficient (Wildman–Crippen LogP) is 2.72. The lowest BCUT2D eigenvalue weighted by Crippen LogP contribution is -2.56. The lowest BCUT2D eigenvalue weighted by molar-refractivity contribution is -0.138. The molecule has 2 N–H and O–H groups in total. The molecule has 4 atom stereocenters. The second kappa shape index (κ2) is 8.50. The highest BCUT2D eigenvalue weighted by atomic mass is 16.2. The van der Waals surface area contributed by atoms with E-state index in [0.29, 0.717) is 29.0 Å². The van der Waals surface area contributed by atoms with Crippen LogP contribution in [0.2, 0.25) is 0 Å². The van der Waals surface area contributed by atoms with Crippen LogP contribution in [0.1, 0.15) is 56.4 Å². The van der Waals surface area contributed by atoms with E-state index >= 15 is 0 Å². The number of pyridine rings is 1. The second-order valence-corrected chi connectivity index (χ2v) is 10.5. The summed E-state index contributed by atoms with van der Waals surface area (Å²) >= 11 is 0. The number of rotatable bonds is 7. The highest BCUT2D eigenvalue weighted by Gasteiger charge is 2.54. The number of imidazole rings is 1. The van der Waals surface area contributed by atoms with Crippen LogP contribution in [-0.2, 0) is 4.79 Å². The monoisotopic (exact) mass is 437 g/mol. The Morgan fingerprint density at radius 2 is 2.12 bits per heavy atom. The van der Waals surface area contributed by atoms with Crippen molar-refractivity contribution in [3.05, 3.63) is 36.3 Å². The van der Waals surface area contributed by atoms with Gasteiger partial charge in [0.25, 0.3) is 5.91 Å². The molecule has 7 nitrogen and oxygen atoms in total. The van der Waals surface area contributed by atoms with Gasteiger partial charge in [0.05, 0.1) is 6.54 Å². The lowest BCUT2D eigenvalue weighted by atomic mass is 9.45. The Kier molecular flexibility index (Phi) is 5.70. The van der Waals surface area contributed by atoms with Crippen LogP contribution < -0.4 is 10.6 Å². The van der Waals surface area contributed by atoms with Gasteiger partial charge in [-0.25, -0.2) is 4.98 Å². The molecule has 0 spiro atoms. The van der Waals surface area contributed by atoms with Crippen LogP contribution in [0.15, 0.2) is 30.6 Å². The summed E-state index contributed by atoms with van der Waals surface area (Å²) in [5.74, 6) is 1.90. The van der Waals surface area contributed by atoms with Crippen LogP contribution in [0, 0.1) is 23.2 Å². The number of carbonyl (C=O) groups is 2. The van der Waals surface area contributed by atoms with Crippen LogP contribution in [0.4, 0.5) is 0 Å². The number of nitrogens with zero attached hydrogens (tertiary/aromatic N) is 3. The normalized spacial score (nSPS) is 28.3. The Balaban J connectivity index is 1.25. The standard InChI is InChI=1S/C25H35N5O2/c1-25(2)18-9-8-17(20(25)13-18)15-29(16-19-5-4-10-26-19)23(31)14-28-24(32)21-6-3-7-22-27-11-12-30(21)22/h3,6-7,11-12,17-20,26H,4-5,8-10,13-16H2,1-2H3,(H,28,32)/t17-,18+,19?,20+/m0/s1. The fourth-order valence-corrected chi connectivity index (χ4v) is 6.41. The number of fused-ring (bicyclic) bond motifs is 3. The molecule has 32 heavy (non-hydrogen) atoms. The summed E-state index contributed by atoms with van der Waals surface area (Å²) in [7, 11) is 0. The predicted molar refractivity (Wildman–Crippen MR) is 123 cm³/mol. The van der Waals surface area contributed by atoms with Crippen molar-refractivity contribution in [2.24, 2.45) is 23.2 Å². The topological polar surface area (TPSA) is 78.7 Å². The number of hydrogen-bond donors (Lipinski definition) is 2. The molecule has 1 unspecified atom stereocenters. The smallest absolute Gasteiger partial charge is 0.268 e. The van der Waals surface area contributed by atoms with Crippen molar-refractivity contribution >= 4 is 17.5 Å². The molecule has 4 fully saturated rings. The van der Waals surface area contributed by atoms with E-state index in [1.807, 2.05) is 17.0 Å². The molecule has 1 saturated heterocycles. The highest BCUT2D eigenvalue weighted by molar-refractivity contribution is 5.95. The summed E-state index contributed by atoms with van der Waals surface area (Å²) in [5.41, 5.74) is 1.61. The Morgan fingerprint density at radius 3 is 2.88 bits per heavy atom. The van der Waals surface area contributed by atoms with E-state index in [4.69, 9.17) is 0 Å². The van der Waals surface area contributed by atoms with Crippen LogP contribution in [0.5, 0.6) is 0 Å². The molecule has 4 aliphatic rings. The van der Waals surface area contributed by atoms with Crippen molar-refractivity contribution in [2.75, 3.05) is 26.2 Å². The molecular weight excluding hydrogens is 402 g/mol. The molecule has 2 bridgehead atoms. The molecule has 0 aromatic carbocycles. The minimum absolute atomic E-state index is 0.0177. The molecule has 3 heterocycles. The van der Waals surface area contributed by atoms with Gasteiger partial charge in [0.1, 0.15) is 11.3 Å². The minimum atomic E-state index is -0.249. The second-order valence-electron chi connectivity index (χ2n) is 10.5. The Labute approximate surface area is 190 Å². The van der Waals surface area contributed by atoms with Gasteiger partial charge in [0, 0.05) is 31.5 Å². The number of carbonyl (C=O) groups excluding carboxylic acids is 2. The van der Waals surface area contributed by atoms with Crippen molar-refractivity contribution in [3.63, 3.8) is 0 Å². The quantitative estimate of drug-likeness (QED) is 0.698. The molecule has 0 radical (unpaired) electrons. The van der Waals surface area contributed by atoms with Crippen LogP contribution in [0.3, 0.4) is 0 Å². The first-order valence-electron chi connectivity index (χ1n) is 12.1. The maximum absolute atomic E-state index is 13.3. The van der Waals surface area contributed by atoms with E-state index in [0.717, 1.165) is 37.6 Å². The Morgan fingerprint density at radius 1 is 1.25 bits per heavy atom. The fraction of sp³-hybridized carbons (Fsp3) is 0.640. The van der Waals surface area contributed by atoms with Crippen molar-refractivity contribution in [1.82, 2.24) is 24.9 Å². The summed E-state index contributed by atoms with van der Waals surface area (Å²) in [5, 5.41) is 6.39. The summed E-state index contributed by atoms with van der Waals surface area (Å²) < 4.78 is 1.75. The SMILES string of the molecule is CC1(C)[C@@H]2CC[C@@H](CN(CC3CCCN3)C(=O)CNC(=O)c3cccc4nccn34)[C@H]1C2. The molecule has 7 heteroatoms. The van der Waals surface area contributed by atoms with Crippen LogP contribution in [0.25, 0.3) is 5.65 Å². The Hall–Kier alpha value is -2.41. The highest BCUT2D eigenvalue weighted by Crippen LogP contribution is 2.61. The molecule has 172 valence electrons. The largest absolute Gasteiger partial charge is 0.342 e. The zero-order chi connectivity index (χ0) is 22.3. The van der Waals surface area contributed by atoms with Gasteiger partial charge in [0.2, 0.25) is 5.91 Å². The first-order chi connectivity index (χ1) is 15.4. The number of amides is 2. The van der Waals surface area contributed by atoms with E-state index in [2.05, 4.69) is 29.5 Å². The van der Waals surface area contributed by atoms with E-state index in [-0.39, 0.29) is 18.4 Å². The summed E-state index contributed by atoms with van der Waals surface area (Å²) in [6, 6.07) is 5.79. The van der Waals surface area contributed by atoms with Crippen molar-refractivity contribution in [2.45, 2.75) is 52.0 Å². The first-order valence-corrected chi connectivity index (χ1v) is 12.1. The maximum atomic E-state index is 13.3. The molecule has 6 rings (SSSR count). The average molecular weight is 438 g/mol. The van der Waals surface area contributed by atoms with E-state index in [1.165, 1.54) is 25.7 Å². The Bertz CT molecular complexity index is 991. The van der Waals surface area contributed by atoms with Gasteiger partial charge in [-0.3, -0.25) is 14.0 Å². The van der Waals surface area contributed by atoms with Crippen molar-refractivity contribution in [1.29, 1.82) is 0 Å². The number of nitrogens with one attached hydrogen (secondary N) is 2. The molecule has 2 amide bonds. The number of hydrogen-bond acceptors (Lipinski definition) is 4. The van der Waals surface area contributed by atoms with Crippen LogP contribution in [-0.4, -0.2) is 58.3 Å². The zero-order valence-electron chi connectivity index (χ0n) is 19.2. The third-order valence-electron chi connectivity index (χ3n) is 8.47. The summed E-state index contributed by atoms with van der Waals surface area (Å²) in [6.07, 6.45) is 9.52. The van der Waals surface area contributed by atoms with Gasteiger partial charge in [-0.15, -0.1) is 0 Å². The molecule has 2 aromatic rings. The average Bonchev–Trinajstić information content (AvgIpc) is 3.48. The first kappa shape index (κ1) is 21.4. The van der Waals surface area contributed by atoms with E-state index in [9.17, 15) is 9.59 Å². The minimum Gasteiger partial charge on any atom is -0.342 e. The number of aromatic nitrogens is 2. The van der Waals surface area contributed by atoms with Crippen LogP contribution >= 0.6 is 0 Å². The molecule has 2 aromatic heterocycles. The van der Waals surface area contributed by atoms with Gasteiger partial charge >= 0.3 is 0 Å². The van der Waals surface area contributed by atoms with Crippen molar-refractivity contribution < 1.29 is 9.59 Å². The van der Waals surface area contributed by atoms with Gasteiger partial charge in [-0.2, -0.15) is 0 Å². The van der Waals surface area contributed by atoms with Gasteiger partial charge < -0.3 is 15.5 Å². The van der Waals surface area contributed by atoms with Gasteiger partial charge in [-0.05, 0) is 74.0 Å². The molecule has 3 aliphatic carbocycles. The van der Waals surface area contributed by atoms with Crippen molar-refractivity contribution in [3.8, 4) is 0 Å².